The molecule has 2 aromatic carbocycles. The first-order valence-corrected chi connectivity index (χ1v) is 6.37. The minimum atomic E-state index is -0.608. The van der Waals surface area contributed by atoms with Crippen molar-refractivity contribution in [3.63, 3.8) is 0 Å². The number of hydrogen-bond donors (Lipinski definition) is 1. The van der Waals surface area contributed by atoms with Gasteiger partial charge in [-0.25, -0.2) is 8.78 Å². The molecule has 0 aliphatic rings. The maximum atomic E-state index is 13.6. The Hall–Kier alpha value is -2.10. The van der Waals surface area contributed by atoms with E-state index >= 15 is 0 Å². The van der Waals surface area contributed by atoms with Crippen LogP contribution >= 0.6 is 0 Å². The van der Waals surface area contributed by atoms with Crippen molar-refractivity contribution in [2.24, 2.45) is 0 Å². The van der Waals surface area contributed by atoms with Gasteiger partial charge in [0.05, 0.1) is 18.8 Å². The molecule has 0 radical (unpaired) electrons. The number of methoxy groups -OCH3 is 1. The van der Waals surface area contributed by atoms with Gasteiger partial charge in [0.25, 0.3) is 0 Å². The van der Waals surface area contributed by atoms with Gasteiger partial charge in [0, 0.05) is 11.6 Å². The third-order valence-corrected chi connectivity index (χ3v) is 3.16. The van der Waals surface area contributed by atoms with Gasteiger partial charge in [-0.2, -0.15) is 0 Å². The summed E-state index contributed by atoms with van der Waals surface area (Å²) in [5.41, 5.74) is 2.27. The number of hydrogen-bond acceptors (Lipinski definition) is 2. The number of anilines is 1. The molecule has 0 aliphatic heterocycles. The second kappa shape index (κ2) is 5.90. The molecule has 0 heterocycles. The van der Waals surface area contributed by atoms with E-state index in [4.69, 9.17) is 4.74 Å². The highest BCUT2D eigenvalue weighted by Crippen LogP contribution is 2.29. The zero-order valence-corrected chi connectivity index (χ0v) is 11.7. The van der Waals surface area contributed by atoms with E-state index in [1.165, 1.54) is 12.1 Å². The molecule has 2 aromatic rings. The second-order valence-corrected chi connectivity index (χ2v) is 4.74. The molecule has 0 saturated heterocycles. The molecule has 1 unspecified atom stereocenters. The van der Waals surface area contributed by atoms with Gasteiger partial charge in [0.1, 0.15) is 17.4 Å². The molecule has 0 aromatic heterocycles. The third-order valence-electron chi connectivity index (χ3n) is 3.16. The van der Waals surface area contributed by atoms with Crippen LogP contribution in [0.3, 0.4) is 0 Å². The number of nitrogens with one attached hydrogen (secondary N) is 1. The van der Waals surface area contributed by atoms with Crippen molar-refractivity contribution in [3.05, 3.63) is 59.2 Å². The van der Waals surface area contributed by atoms with Crippen LogP contribution in [0.4, 0.5) is 14.5 Å². The topological polar surface area (TPSA) is 21.3 Å². The molecule has 4 heteroatoms. The number of halogens is 2. The maximum Gasteiger partial charge on any atom is 0.149 e. The van der Waals surface area contributed by atoms with Crippen LogP contribution in [0.2, 0.25) is 0 Å². The van der Waals surface area contributed by atoms with Gasteiger partial charge < -0.3 is 10.1 Å². The lowest BCUT2D eigenvalue weighted by atomic mass is 10.0. The minimum absolute atomic E-state index is 0.162. The minimum Gasteiger partial charge on any atom is -0.496 e. The van der Waals surface area contributed by atoms with Crippen molar-refractivity contribution < 1.29 is 13.5 Å². The molecule has 0 bridgehead atoms. The summed E-state index contributed by atoms with van der Waals surface area (Å²) < 4.78 is 31.9. The van der Waals surface area contributed by atoms with Crippen LogP contribution in [-0.4, -0.2) is 7.11 Å². The summed E-state index contributed by atoms with van der Waals surface area (Å²) in [5.74, 6) is -0.455. The van der Waals surface area contributed by atoms with Gasteiger partial charge in [-0.15, -0.1) is 0 Å². The Morgan fingerprint density at radius 1 is 1.10 bits per heavy atom. The zero-order valence-electron chi connectivity index (χ0n) is 11.7. The average molecular weight is 277 g/mol. The number of ether oxygens (including phenoxy) is 1. The van der Waals surface area contributed by atoms with Crippen LogP contribution in [0.5, 0.6) is 5.75 Å². The number of aryl methyl sites for hydroxylation is 1. The quantitative estimate of drug-likeness (QED) is 0.891. The molecule has 0 spiro atoms. The molecule has 2 rings (SSSR count). The van der Waals surface area contributed by atoms with Crippen molar-refractivity contribution in [2.75, 3.05) is 12.4 Å². The Labute approximate surface area is 117 Å². The zero-order chi connectivity index (χ0) is 14.7. The summed E-state index contributed by atoms with van der Waals surface area (Å²) in [6.45, 7) is 3.88. The van der Waals surface area contributed by atoms with Crippen molar-refractivity contribution >= 4 is 5.69 Å². The van der Waals surface area contributed by atoms with E-state index in [1.54, 1.807) is 7.11 Å². The van der Waals surface area contributed by atoms with E-state index in [-0.39, 0.29) is 11.7 Å². The SMILES string of the molecule is COc1cc(C)ccc1C(C)Nc1ccc(F)cc1F. The Morgan fingerprint density at radius 2 is 1.85 bits per heavy atom. The first kappa shape index (κ1) is 14.3. The fraction of sp³-hybridized carbons (Fsp3) is 0.250. The van der Waals surface area contributed by atoms with Gasteiger partial charge in [-0.05, 0) is 37.6 Å². The second-order valence-electron chi connectivity index (χ2n) is 4.74. The van der Waals surface area contributed by atoms with E-state index in [1.807, 2.05) is 32.0 Å². The lowest BCUT2D eigenvalue weighted by Gasteiger charge is -2.19. The summed E-state index contributed by atoms with van der Waals surface area (Å²) in [6, 6.07) is 9.15. The van der Waals surface area contributed by atoms with E-state index in [2.05, 4.69) is 5.32 Å². The van der Waals surface area contributed by atoms with Crippen molar-refractivity contribution in [1.29, 1.82) is 0 Å². The van der Waals surface area contributed by atoms with E-state index < -0.39 is 11.6 Å². The fourth-order valence-corrected chi connectivity index (χ4v) is 2.09. The van der Waals surface area contributed by atoms with E-state index in [0.29, 0.717) is 0 Å². The normalized spacial score (nSPS) is 12.1. The van der Waals surface area contributed by atoms with Gasteiger partial charge in [-0.3, -0.25) is 0 Å². The van der Waals surface area contributed by atoms with Crippen LogP contribution in [0.15, 0.2) is 36.4 Å². The predicted molar refractivity (Wildman–Crippen MR) is 76.1 cm³/mol. The maximum absolute atomic E-state index is 13.6. The fourth-order valence-electron chi connectivity index (χ4n) is 2.09. The molecule has 1 N–H and O–H groups in total. The molecule has 1 atom stereocenters. The third kappa shape index (κ3) is 3.07. The molecule has 0 fully saturated rings. The summed E-state index contributed by atoms with van der Waals surface area (Å²) >= 11 is 0. The lowest BCUT2D eigenvalue weighted by molar-refractivity contribution is 0.407. The number of benzene rings is 2. The highest BCUT2D eigenvalue weighted by molar-refractivity contribution is 5.49. The van der Waals surface area contributed by atoms with Crippen LogP contribution in [-0.2, 0) is 0 Å². The monoisotopic (exact) mass is 277 g/mol. The van der Waals surface area contributed by atoms with Gasteiger partial charge in [-0.1, -0.05) is 12.1 Å². The van der Waals surface area contributed by atoms with Crippen LogP contribution in [0, 0.1) is 18.6 Å². The number of rotatable bonds is 4. The van der Waals surface area contributed by atoms with Crippen molar-refractivity contribution in [3.8, 4) is 5.75 Å². The van der Waals surface area contributed by atoms with E-state index in [0.717, 1.165) is 22.9 Å². The summed E-state index contributed by atoms with van der Waals surface area (Å²) in [7, 11) is 1.60. The standard InChI is InChI=1S/C16H17F2NO/c1-10-4-6-13(16(8-10)20-3)11(2)19-15-7-5-12(17)9-14(15)18/h4-9,11,19H,1-3H3. The van der Waals surface area contributed by atoms with Gasteiger partial charge in [0.2, 0.25) is 0 Å². The van der Waals surface area contributed by atoms with Crippen molar-refractivity contribution in [2.45, 2.75) is 19.9 Å². The average Bonchev–Trinajstić information content (AvgIpc) is 2.41. The van der Waals surface area contributed by atoms with Gasteiger partial charge in [0.15, 0.2) is 0 Å². The molecular weight excluding hydrogens is 260 g/mol. The molecule has 20 heavy (non-hydrogen) atoms. The van der Waals surface area contributed by atoms with Crippen LogP contribution in [0.25, 0.3) is 0 Å². The summed E-state index contributed by atoms with van der Waals surface area (Å²) in [5, 5.41) is 3.03. The summed E-state index contributed by atoms with van der Waals surface area (Å²) in [6.07, 6.45) is 0. The molecule has 2 nitrogen and oxygen atoms in total. The van der Waals surface area contributed by atoms with E-state index in [9.17, 15) is 8.78 Å². The highest BCUT2D eigenvalue weighted by atomic mass is 19.1. The first-order valence-electron chi connectivity index (χ1n) is 6.37. The predicted octanol–water partition coefficient (Wildman–Crippen LogP) is 4.45. The Morgan fingerprint density at radius 3 is 2.50 bits per heavy atom. The Balaban J connectivity index is 2.25. The van der Waals surface area contributed by atoms with Crippen LogP contribution < -0.4 is 10.1 Å². The van der Waals surface area contributed by atoms with Crippen molar-refractivity contribution in [1.82, 2.24) is 0 Å². The molecule has 0 amide bonds. The Kier molecular flexibility index (Phi) is 4.23. The molecule has 0 saturated carbocycles. The molecule has 106 valence electrons. The molecular formula is C16H17F2NO. The molecule has 0 aliphatic carbocycles. The first-order chi connectivity index (χ1) is 9.51. The largest absolute Gasteiger partial charge is 0.496 e. The lowest BCUT2D eigenvalue weighted by Crippen LogP contribution is -2.09. The smallest absolute Gasteiger partial charge is 0.149 e. The van der Waals surface area contributed by atoms with Crippen LogP contribution in [0.1, 0.15) is 24.1 Å². The summed E-state index contributed by atoms with van der Waals surface area (Å²) in [4.78, 5) is 0. The Bertz CT molecular complexity index is 613. The van der Waals surface area contributed by atoms with Gasteiger partial charge >= 0.3 is 0 Å². The highest BCUT2D eigenvalue weighted by Gasteiger charge is 2.13.